The number of amides is 1. The Morgan fingerprint density at radius 2 is 1.69 bits per heavy atom. The molecule has 3 aromatic rings. The molecule has 0 spiro atoms. The van der Waals surface area contributed by atoms with Gasteiger partial charge < -0.3 is 9.84 Å². The van der Waals surface area contributed by atoms with E-state index in [1.807, 2.05) is 13.8 Å². The van der Waals surface area contributed by atoms with Gasteiger partial charge in [0.2, 0.25) is 0 Å². The molecule has 0 bridgehead atoms. The van der Waals surface area contributed by atoms with Gasteiger partial charge in [-0.15, -0.1) is 0 Å². The highest BCUT2D eigenvalue weighted by atomic mass is 35.5. The molecule has 5 nitrogen and oxygen atoms in total. The van der Waals surface area contributed by atoms with Crippen molar-refractivity contribution in [3.63, 3.8) is 0 Å². The number of hydrogen-bond acceptors (Lipinski definition) is 4. The highest BCUT2D eigenvalue weighted by Crippen LogP contribution is 2.44. The maximum Gasteiger partial charge on any atom is 0.300 e. The summed E-state index contributed by atoms with van der Waals surface area (Å²) in [5.41, 5.74) is 2.54. The molecule has 3 aromatic carbocycles. The van der Waals surface area contributed by atoms with Crippen molar-refractivity contribution in [3.8, 4) is 5.75 Å². The van der Waals surface area contributed by atoms with Crippen LogP contribution in [0.1, 0.15) is 48.1 Å². The van der Waals surface area contributed by atoms with Crippen LogP contribution in [-0.2, 0) is 9.59 Å². The summed E-state index contributed by atoms with van der Waals surface area (Å²) in [6.45, 7) is 5.75. The minimum absolute atomic E-state index is 0.0682. The van der Waals surface area contributed by atoms with Crippen LogP contribution in [-0.4, -0.2) is 23.9 Å². The van der Waals surface area contributed by atoms with Gasteiger partial charge in [-0.05, 0) is 72.0 Å². The topological polar surface area (TPSA) is 66.8 Å². The quantitative estimate of drug-likeness (QED) is 0.216. The third-order valence-electron chi connectivity index (χ3n) is 6.27. The van der Waals surface area contributed by atoms with E-state index >= 15 is 0 Å². The standard InChI is InChI=1S/C28H24Cl2FNO4/c1-14(2)19-13-20(15(3)11-23(19)36-4)26(33)24-25(16-5-7-17(31)8-6-16)32(28(35)27(24)34)18-9-10-21(29)22(30)12-18/h5-14,25,33H,1-4H3/b26-24+. The molecule has 36 heavy (non-hydrogen) atoms. The summed E-state index contributed by atoms with van der Waals surface area (Å²) in [6, 6.07) is 12.5. The summed E-state index contributed by atoms with van der Waals surface area (Å²) in [6.07, 6.45) is 0. The third-order valence-corrected chi connectivity index (χ3v) is 7.00. The normalized spacial score (nSPS) is 17.2. The van der Waals surface area contributed by atoms with Crippen LogP contribution in [0.2, 0.25) is 10.0 Å². The second-order valence-corrected chi connectivity index (χ2v) is 9.70. The van der Waals surface area contributed by atoms with Gasteiger partial charge in [-0.2, -0.15) is 0 Å². The number of carbonyl (C=O) groups excluding carboxylic acids is 2. The fraction of sp³-hybridized carbons (Fsp3) is 0.214. The molecule has 0 radical (unpaired) electrons. The van der Waals surface area contributed by atoms with Gasteiger partial charge in [0, 0.05) is 11.3 Å². The number of carbonyl (C=O) groups is 2. The number of benzene rings is 3. The van der Waals surface area contributed by atoms with Gasteiger partial charge in [-0.1, -0.05) is 49.2 Å². The van der Waals surface area contributed by atoms with Crippen molar-refractivity contribution >= 4 is 46.3 Å². The summed E-state index contributed by atoms with van der Waals surface area (Å²) in [5.74, 6) is -1.79. The molecule has 1 fully saturated rings. The maximum atomic E-state index is 13.8. The molecule has 1 aliphatic rings. The lowest BCUT2D eigenvalue weighted by Crippen LogP contribution is -2.29. The first-order chi connectivity index (χ1) is 17.0. The number of ketones is 1. The smallest absolute Gasteiger partial charge is 0.300 e. The number of halogens is 3. The zero-order valence-electron chi connectivity index (χ0n) is 20.1. The molecule has 1 aliphatic heterocycles. The van der Waals surface area contributed by atoms with Crippen LogP contribution < -0.4 is 9.64 Å². The Morgan fingerprint density at radius 1 is 1.03 bits per heavy atom. The Labute approximate surface area is 218 Å². The molecule has 0 saturated carbocycles. The lowest BCUT2D eigenvalue weighted by Gasteiger charge is -2.26. The van der Waals surface area contributed by atoms with Gasteiger partial charge >= 0.3 is 0 Å². The van der Waals surface area contributed by atoms with Crippen molar-refractivity contribution in [1.29, 1.82) is 0 Å². The second kappa shape index (κ2) is 9.96. The average Bonchev–Trinajstić information content (AvgIpc) is 3.10. The van der Waals surface area contributed by atoms with Gasteiger partial charge in [-0.25, -0.2) is 4.39 Å². The summed E-state index contributed by atoms with van der Waals surface area (Å²) in [4.78, 5) is 28.0. The van der Waals surface area contributed by atoms with E-state index in [0.717, 1.165) is 5.56 Å². The molecule has 1 amide bonds. The van der Waals surface area contributed by atoms with E-state index in [4.69, 9.17) is 27.9 Å². The minimum Gasteiger partial charge on any atom is -0.507 e. The molecule has 1 N–H and O–H groups in total. The lowest BCUT2D eigenvalue weighted by molar-refractivity contribution is -0.132. The Balaban J connectivity index is 1.99. The van der Waals surface area contributed by atoms with Crippen LogP contribution in [0.3, 0.4) is 0 Å². The minimum atomic E-state index is -1.02. The molecule has 0 aromatic heterocycles. The number of aliphatic hydroxyl groups excluding tert-OH is 1. The summed E-state index contributed by atoms with van der Waals surface area (Å²) >= 11 is 12.3. The Hall–Kier alpha value is -3.35. The van der Waals surface area contributed by atoms with Crippen LogP contribution in [0.15, 0.2) is 60.2 Å². The van der Waals surface area contributed by atoms with Gasteiger partial charge in [0.05, 0.1) is 28.8 Å². The number of aliphatic hydroxyl groups is 1. The summed E-state index contributed by atoms with van der Waals surface area (Å²) in [7, 11) is 1.57. The van der Waals surface area contributed by atoms with Crippen molar-refractivity contribution < 1.29 is 23.8 Å². The number of ether oxygens (including phenoxy) is 1. The van der Waals surface area contributed by atoms with E-state index in [1.165, 1.54) is 41.3 Å². The van der Waals surface area contributed by atoms with Crippen LogP contribution in [0.4, 0.5) is 10.1 Å². The monoisotopic (exact) mass is 527 g/mol. The van der Waals surface area contributed by atoms with Gasteiger partial charge in [-0.3, -0.25) is 14.5 Å². The number of methoxy groups -OCH3 is 1. The zero-order chi connectivity index (χ0) is 26.3. The van der Waals surface area contributed by atoms with Crippen molar-refractivity contribution in [1.82, 2.24) is 0 Å². The first-order valence-corrected chi connectivity index (χ1v) is 12.0. The molecular weight excluding hydrogens is 504 g/mol. The maximum absolute atomic E-state index is 13.8. The van der Waals surface area contributed by atoms with Crippen LogP contribution in [0, 0.1) is 12.7 Å². The molecule has 4 rings (SSSR count). The average molecular weight is 528 g/mol. The first-order valence-electron chi connectivity index (χ1n) is 11.3. The zero-order valence-corrected chi connectivity index (χ0v) is 21.6. The molecule has 1 atom stereocenters. The molecular formula is C28H24Cl2FNO4. The Kier molecular flexibility index (Phi) is 7.12. The first kappa shape index (κ1) is 25.7. The predicted molar refractivity (Wildman–Crippen MR) is 139 cm³/mol. The van der Waals surface area contributed by atoms with Crippen molar-refractivity contribution in [2.24, 2.45) is 0 Å². The van der Waals surface area contributed by atoms with E-state index in [0.29, 0.717) is 28.1 Å². The second-order valence-electron chi connectivity index (χ2n) is 8.88. The third kappa shape index (κ3) is 4.47. The molecule has 1 unspecified atom stereocenters. The number of hydrogen-bond donors (Lipinski definition) is 1. The number of nitrogens with zero attached hydrogens (tertiary/aromatic N) is 1. The largest absolute Gasteiger partial charge is 0.507 e. The van der Waals surface area contributed by atoms with E-state index in [1.54, 1.807) is 32.2 Å². The highest BCUT2D eigenvalue weighted by molar-refractivity contribution is 6.52. The SMILES string of the molecule is COc1cc(C)c(/C(O)=C2\C(=O)C(=O)N(c3ccc(Cl)c(Cl)c3)C2c2ccc(F)cc2)cc1C(C)C. The molecule has 1 saturated heterocycles. The predicted octanol–water partition coefficient (Wildman–Crippen LogP) is 7.20. The number of rotatable bonds is 5. The van der Waals surface area contributed by atoms with Crippen molar-refractivity contribution in [3.05, 3.63) is 98.3 Å². The summed E-state index contributed by atoms with van der Waals surface area (Å²) < 4.78 is 19.3. The molecule has 1 heterocycles. The van der Waals surface area contributed by atoms with Gasteiger partial charge in [0.25, 0.3) is 11.7 Å². The Bertz CT molecular complexity index is 1400. The fourth-order valence-corrected chi connectivity index (χ4v) is 4.71. The van der Waals surface area contributed by atoms with Crippen LogP contribution in [0.5, 0.6) is 5.75 Å². The van der Waals surface area contributed by atoms with E-state index in [9.17, 15) is 19.1 Å². The number of aryl methyl sites for hydroxylation is 1. The summed E-state index contributed by atoms with van der Waals surface area (Å²) in [5, 5.41) is 12.0. The van der Waals surface area contributed by atoms with Crippen LogP contribution in [0.25, 0.3) is 5.76 Å². The van der Waals surface area contributed by atoms with Crippen molar-refractivity contribution in [2.75, 3.05) is 12.0 Å². The van der Waals surface area contributed by atoms with Gasteiger partial charge in [0.15, 0.2) is 0 Å². The highest BCUT2D eigenvalue weighted by Gasteiger charge is 2.47. The Morgan fingerprint density at radius 3 is 2.28 bits per heavy atom. The van der Waals surface area contributed by atoms with Gasteiger partial charge in [0.1, 0.15) is 17.3 Å². The van der Waals surface area contributed by atoms with Crippen LogP contribution >= 0.6 is 23.2 Å². The number of Topliss-reactive ketones (excluding diaryl/α,β-unsaturated/α-hetero) is 1. The van der Waals surface area contributed by atoms with E-state index in [2.05, 4.69) is 0 Å². The fourth-order valence-electron chi connectivity index (χ4n) is 4.42. The molecule has 186 valence electrons. The van der Waals surface area contributed by atoms with Crippen molar-refractivity contribution in [2.45, 2.75) is 32.7 Å². The molecule has 0 aliphatic carbocycles. The number of anilines is 1. The van der Waals surface area contributed by atoms with E-state index in [-0.39, 0.29) is 27.3 Å². The molecule has 8 heteroatoms. The lowest BCUT2D eigenvalue weighted by atomic mass is 9.91. The van der Waals surface area contributed by atoms with E-state index < -0.39 is 23.5 Å².